The smallest absolute Gasteiger partial charge is 0.329 e. The minimum absolute atomic E-state index is 0.0563. The average molecular weight is 1220 g/mol. The van der Waals surface area contributed by atoms with Crippen molar-refractivity contribution in [1.29, 1.82) is 0 Å². The number of unbranched alkanes of at least 4 members (excludes halogenated alkanes) is 2. The van der Waals surface area contributed by atoms with Gasteiger partial charge in [-0.1, -0.05) is 120 Å². The molecule has 87 heavy (non-hydrogen) atoms. The van der Waals surface area contributed by atoms with E-state index in [-0.39, 0.29) is 56.3 Å². The summed E-state index contributed by atoms with van der Waals surface area (Å²) < 4.78 is 22.5. The third kappa shape index (κ3) is 25.9. The standard InChI is InChI=1S/C65H102N8O14/c1-17-19-20-21-46-35-53(75)66-47(30-31-52(74)71-57(42-22-26-44(84-15)27-23-42)43-24-28-45(85-16)29-25-43)58(77)67-48(32-37(3)4)59(78)68-49(33-38(5)6)61(80)72-55(40(9)10)63(82)70-51(36-54(76)87-65(12,13)14)60(79)69-50(34-39(7)8)62(81)73-56(41(11)18-2)64(83)86-46/h22-29,37-41,46-51,55-57H,17-21,30-36H2,1-16H3,(H,66,75)(H,67,77)(H,68,78)(H,69,79)(H,70,82)(H,71,74)(H,72,80)(H,73,81)/t41-,46?,47-,48-,49+,50+,51-,55-,56-/m0/s1. The summed E-state index contributed by atoms with van der Waals surface area (Å²) in [5.74, 6) is -8.30. The zero-order valence-electron chi connectivity index (χ0n) is 54.4. The Morgan fingerprint density at radius 3 is 1.43 bits per heavy atom. The van der Waals surface area contributed by atoms with Crippen LogP contribution in [0.25, 0.3) is 0 Å². The van der Waals surface area contributed by atoms with Crippen LogP contribution in [-0.2, 0) is 57.4 Å². The molecule has 1 fully saturated rings. The Hall–Kier alpha value is -7.26. The van der Waals surface area contributed by atoms with Crippen molar-refractivity contribution in [2.45, 2.75) is 234 Å². The fraction of sp³-hybridized carbons (Fsp3) is 0.662. The molecule has 1 heterocycles. The van der Waals surface area contributed by atoms with Gasteiger partial charge in [0.05, 0.1) is 33.1 Å². The molecular formula is C65H102N8O14. The second-order valence-electron chi connectivity index (χ2n) is 25.5. The number of ether oxygens (including phenoxy) is 4. The molecule has 8 N–H and O–H groups in total. The molecule has 486 valence electrons. The fourth-order valence-corrected chi connectivity index (χ4v) is 9.91. The van der Waals surface area contributed by atoms with Crippen LogP contribution < -0.4 is 52.0 Å². The van der Waals surface area contributed by atoms with Crippen LogP contribution in [0, 0.1) is 29.6 Å². The Bertz CT molecular complexity index is 2540. The fourth-order valence-electron chi connectivity index (χ4n) is 9.91. The molecule has 1 saturated heterocycles. The molecule has 0 aromatic heterocycles. The molecule has 1 aliphatic heterocycles. The van der Waals surface area contributed by atoms with Crippen molar-refractivity contribution in [3.8, 4) is 11.5 Å². The van der Waals surface area contributed by atoms with Gasteiger partial charge in [-0.15, -0.1) is 0 Å². The lowest BCUT2D eigenvalue weighted by Crippen LogP contribution is -2.61. The van der Waals surface area contributed by atoms with Crippen LogP contribution in [0.15, 0.2) is 48.5 Å². The molecule has 22 heteroatoms. The van der Waals surface area contributed by atoms with Crippen molar-refractivity contribution in [1.82, 2.24) is 42.5 Å². The molecule has 0 saturated carbocycles. The lowest BCUT2D eigenvalue weighted by Gasteiger charge is -2.30. The number of carbonyl (C=O) groups is 10. The second-order valence-corrected chi connectivity index (χ2v) is 25.5. The largest absolute Gasteiger partial charge is 0.497 e. The number of carbonyl (C=O) groups excluding carboxylic acids is 10. The molecule has 1 unspecified atom stereocenters. The lowest BCUT2D eigenvalue weighted by molar-refractivity contribution is -0.158. The van der Waals surface area contributed by atoms with Crippen molar-refractivity contribution in [2.24, 2.45) is 29.6 Å². The van der Waals surface area contributed by atoms with E-state index in [1.54, 1.807) is 80.0 Å². The molecule has 1 aliphatic rings. The number of benzene rings is 2. The van der Waals surface area contributed by atoms with E-state index in [0.717, 1.165) is 24.0 Å². The predicted molar refractivity (Wildman–Crippen MR) is 330 cm³/mol. The molecule has 2 aromatic carbocycles. The maximum absolute atomic E-state index is 14.8. The second kappa shape index (κ2) is 36.1. The zero-order chi connectivity index (χ0) is 65.3. The summed E-state index contributed by atoms with van der Waals surface area (Å²) in [5.41, 5.74) is 0.452. The molecule has 22 nitrogen and oxygen atoms in total. The quantitative estimate of drug-likeness (QED) is 0.0432. The molecule has 0 radical (unpaired) electrons. The van der Waals surface area contributed by atoms with E-state index in [1.165, 1.54) is 0 Å². The van der Waals surface area contributed by atoms with Gasteiger partial charge in [-0.05, 0) is 124 Å². The van der Waals surface area contributed by atoms with E-state index in [2.05, 4.69) is 42.5 Å². The van der Waals surface area contributed by atoms with E-state index in [4.69, 9.17) is 18.9 Å². The number of methoxy groups -OCH3 is 2. The Labute approximate surface area is 515 Å². The minimum Gasteiger partial charge on any atom is -0.497 e. The van der Waals surface area contributed by atoms with Crippen molar-refractivity contribution in [3.05, 3.63) is 59.7 Å². The first kappa shape index (κ1) is 74.0. The van der Waals surface area contributed by atoms with Gasteiger partial charge in [-0.25, -0.2) is 4.79 Å². The van der Waals surface area contributed by atoms with Crippen LogP contribution in [-0.4, -0.2) is 127 Å². The van der Waals surface area contributed by atoms with Crippen LogP contribution in [0.4, 0.5) is 0 Å². The summed E-state index contributed by atoms with van der Waals surface area (Å²) in [7, 11) is 3.09. The van der Waals surface area contributed by atoms with E-state index in [9.17, 15) is 47.9 Å². The summed E-state index contributed by atoms with van der Waals surface area (Å²) >= 11 is 0. The third-order valence-electron chi connectivity index (χ3n) is 14.8. The zero-order valence-corrected chi connectivity index (χ0v) is 54.4. The minimum atomic E-state index is -1.63. The van der Waals surface area contributed by atoms with Crippen LogP contribution >= 0.6 is 0 Å². The monoisotopic (exact) mass is 1220 g/mol. The van der Waals surface area contributed by atoms with Crippen LogP contribution in [0.3, 0.4) is 0 Å². The number of cyclic esters (lactones) is 1. The summed E-state index contributed by atoms with van der Waals surface area (Å²) in [6, 6.07) is 4.08. The van der Waals surface area contributed by atoms with Crippen molar-refractivity contribution >= 4 is 59.2 Å². The number of hydrogen-bond donors (Lipinski definition) is 8. The molecule has 2 aromatic rings. The van der Waals surface area contributed by atoms with Crippen LogP contribution in [0.5, 0.6) is 11.5 Å². The average Bonchev–Trinajstić information content (AvgIpc) is 2.25. The van der Waals surface area contributed by atoms with Gasteiger partial charge in [-0.2, -0.15) is 0 Å². The third-order valence-corrected chi connectivity index (χ3v) is 14.8. The normalized spacial score (nSPS) is 22.4. The number of nitrogens with one attached hydrogen (secondary N) is 8. The molecule has 8 amide bonds. The Kier molecular flexibility index (Phi) is 30.7. The first-order chi connectivity index (χ1) is 40.9. The molecule has 0 bridgehead atoms. The summed E-state index contributed by atoms with van der Waals surface area (Å²) in [6.45, 7) is 24.7. The number of hydrogen-bond acceptors (Lipinski definition) is 14. The molecule has 0 aliphatic carbocycles. The Morgan fingerprint density at radius 2 is 1.00 bits per heavy atom. The topological polar surface area (TPSA) is 304 Å². The van der Waals surface area contributed by atoms with Gasteiger partial charge in [-0.3, -0.25) is 43.2 Å². The summed E-state index contributed by atoms with van der Waals surface area (Å²) in [5, 5.41) is 22.4. The van der Waals surface area contributed by atoms with Crippen molar-refractivity contribution in [3.63, 3.8) is 0 Å². The molecule has 0 spiro atoms. The maximum atomic E-state index is 14.8. The van der Waals surface area contributed by atoms with Gasteiger partial charge in [0, 0.05) is 6.42 Å². The van der Waals surface area contributed by atoms with Gasteiger partial charge in [0.25, 0.3) is 0 Å². The van der Waals surface area contributed by atoms with Crippen LogP contribution in [0.2, 0.25) is 0 Å². The molecule has 9 atom stereocenters. The highest BCUT2D eigenvalue weighted by molar-refractivity contribution is 5.98. The van der Waals surface area contributed by atoms with Gasteiger partial charge in [0.15, 0.2) is 0 Å². The SMILES string of the molecule is CCCCCC1CC(=O)N[C@@H](CCC(=O)NC(c2ccc(OC)cc2)c2ccc(OC)cc2)C(=O)N[C@@H](CC(C)C)C(=O)N[C@H](CC(C)C)C(=O)N[C@@H](C(C)C)C(=O)N[C@@H](CC(=O)OC(C)(C)C)C(=O)N[C@H](CC(C)C)C(=O)N[C@@H]([C@@H](C)CC)C(=O)O1. The van der Waals surface area contributed by atoms with Gasteiger partial charge in [0.1, 0.15) is 65.5 Å². The van der Waals surface area contributed by atoms with Crippen LogP contribution in [0.1, 0.15) is 191 Å². The van der Waals surface area contributed by atoms with E-state index in [0.29, 0.717) is 24.3 Å². The highest BCUT2D eigenvalue weighted by Crippen LogP contribution is 2.27. The first-order valence-electron chi connectivity index (χ1n) is 31.0. The van der Waals surface area contributed by atoms with Gasteiger partial charge >= 0.3 is 11.9 Å². The first-order valence-corrected chi connectivity index (χ1v) is 31.0. The highest BCUT2D eigenvalue weighted by Gasteiger charge is 2.39. The van der Waals surface area contributed by atoms with Crippen molar-refractivity contribution < 1.29 is 66.9 Å². The Morgan fingerprint density at radius 1 is 0.563 bits per heavy atom. The Balaban J connectivity index is 2.25. The van der Waals surface area contributed by atoms with E-state index < -0.39 is 144 Å². The number of esters is 2. The highest BCUT2D eigenvalue weighted by atomic mass is 16.6. The molecule has 3 rings (SSSR count). The van der Waals surface area contributed by atoms with E-state index in [1.807, 2.05) is 79.7 Å². The number of rotatable bonds is 23. The van der Waals surface area contributed by atoms with Gasteiger partial charge < -0.3 is 61.5 Å². The lowest BCUT2D eigenvalue weighted by atomic mass is 9.97. The maximum Gasteiger partial charge on any atom is 0.329 e. The summed E-state index contributed by atoms with van der Waals surface area (Å²) in [6.07, 6.45) is 0.149. The number of amides is 8. The van der Waals surface area contributed by atoms with E-state index >= 15 is 0 Å². The predicted octanol–water partition coefficient (Wildman–Crippen LogP) is 6.55. The summed E-state index contributed by atoms with van der Waals surface area (Å²) in [4.78, 5) is 144. The van der Waals surface area contributed by atoms with Crippen molar-refractivity contribution in [2.75, 3.05) is 14.2 Å². The van der Waals surface area contributed by atoms with Gasteiger partial charge in [0.2, 0.25) is 47.3 Å². The molecular weight excluding hydrogens is 1120 g/mol.